The Morgan fingerprint density at radius 3 is 2.73 bits per heavy atom. The molecule has 0 radical (unpaired) electrons. The summed E-state index contributed by atoms with van der Waals surface area (Å²) < 4.78 is 5.81. The molecule has 4 nitrogen and oxygen atoms in total. The van der Waals surface area contributed by atoms with Crippen molar-refractivity contribution in [2.75, 3.05) is 0 Å². The van der Waals surface area contributed by atoms with Crippen molar-refractivity contribution in [2.45, 2.75) is 26.4 Å². The summed E-state index contributed by atoms with van der Waals surface area (Å²) in [6.45, 7) is 4.93. The van der Waals surface area contributed by atoms with Crippen LogP contribution >= 0.6 is 0 Å². The van der Waals surface area contributed by atoms with E-state index in [4.69, 9.17) is 4.74 Å². The average molecular weight is 293 g/mol. The van der Waals surface area contributed by atoms with Gasteiger partial charge in [-0.15, -0.1) is 0 Å². The van der Waals surface area contributed by atoms with E-state index in [0.29, 0.717) is 12.5 Å². The minimum Gasteiger partial charge on any atom is -0.487 e. The van der Waals surface area contributed by atoms with Crippen molar-refractivity contribution in [1.82, 2.24) is 15.2 Å². The van der Waals surface area contributed by atoms with Gasteiger partial charge >= 0.3 is 0 Å². The van der Waals surface area contributed by atoms with Gasteiger partial charge in [0.25, 0.3) is 0 Å². The Balaban J connectivity index is 1.65. The number of ether oxygens (including phenoxy) is 1. The van der Waals surface area contributed by atoms with E-state index in [1.54, 1.807) is 12.4 Å². The van der Waals surface area contributed by atoms with E-state index in [0.717, 1.165) is 17.1 Å². The first-order valence-electron chi connectivity index (χ1n) is 7.40. The topological polar surface area (TPSA) is 50.8 Å². The first-order valence-corrected chi connectivity index (χ1v) is 7.40. The third-order valence-electron chi connectivity index (χ3n) is 3.54. The number of aromatic nitrogens is 3. The third-order valence-corrected chi connectivity index (χ3v) is 3.54. The number of hydrogen-bond donors (Lipinski definition) is 1. The van der Waals surface area contributed by atoms with E-state index < -0.39 is 0 Å². The largest absolute Gasteiger partial charge is 0.487 e. The number of benzene rings is 1. The van der Waals surface area contributed by atoms with Crippen molar-refractivity contribution in [3.8, 4) is 17.1 Å². The molecule has 0 aliphatic carbocycles. The van der Waals surface area contributed by atoms with Gasteiger partial charge in [0.1, 0.15) is 12.4 Å². The molecule has 1 aromatic carbocycles. The molecular weight excluding hydrogens is 274 g/mol. The average Bonchev–Trinajstić information content (AvgIpc) is 3.08. The van der Waals surface area contributed by atoms with Gasteiger partial charge in [-0.05, 0) is 35.2 Å². The van der Waals surface area contributed by atoms with Crippen LogP contribution < -0.4 is 4.74 Å². The zero-order valence-corrected chi connectivity index (χ0v) is 12.8. The van der Waals surface area contributed by atoms with Gasteiger partial charge < -0.3 is 4.74 Å². The van der Waals surface area contributed by atoms with Crippen LogP contribution in [0.25, 0.3) is 11.4 Å². The summed E-state index contributed by atoms with van der Waals surface area (Å²) >= 11 is 0. The Labute approximate surface area is 130 Å². The number of hydrogen-bond acceptors (Lipinski definition) is 3. The molecule has 0 aliphatic heterocycles. The molecule has 3 aromatic rings. The van der Waals surface area contributed by atoms with Gasteiger partial charge in [0.15, 0.2) is 0 Å². The summed E-state index contributed by atoms with van der Waals surface area (Å²) in [5.41, 5.74) is 4.25. The van der Waals surface area contributed by atoms with Crippen LogP contribution in [0.3, 0.4) is 0 Å². The second-order valence-corrected chi connectivity index (χ2v) is 5.54. The number of aromatic amines is 1. The molecule has 0 saturated heterocycles. The van der Waals surface area contributed by atoms with Gasteiger partial charge in [0.05, 0.1) is 17.6 Å². The molecule has 0 bridgehead atoms. The smallest absolute Gasteiger partial charge is 0.138 e. The van der Waals surface area contributed by atoms with Crippen LogP contribution in [0.4, 0.5) is 0 Å². The van der Waals surface area contributed by atoms with Crippen molar-refractivity contribution < 1.29 is 4.74 Å². The maximum atomic E-state index is 5.81. The highest BCUT2D eigenvalue weighted by atomic mass is 16.5. The Morgan fingerprint density at radius 2 is 2.05 bits per heavy atom. The third kappa shape index (κ3) is 3.34. The van der Waals surface area contributed by atoms with E-state index >= 15 is 0 Å². The molecule has 3 rings (SSSR count). The number of rotatable bonds is 5. The molecule has 2 aromatic heterocycles. The Hall–Kier alpha value is -2.62. The molecular formula is C18H19N3O. The summed E-state index contributed by atoms with van der Waals surface area (Å²) in [6, 6.07) is 14.2. The summed E-state index contributed by atoms with van der Waals surface area (Å²) in [7, 11) is 0. The molecule has 4 heteroatoms. The summed E-state index contributed by atoms with van der Waals surface area (Å²) in [5.74, 6) is 1.29. The van der Waals surface area contributed by atoms with E-state index in [-0.39, 0.29) is 0 Å². The van der Waals surface area contributed by atoms with Crippen molar-refractivity contribution >= 4 is 0 Å². The zero-order valence-electron chi connectivity index (χ0n) is 12.8. The van der Waals surface area contributed by atoms with Crippen molar-refractivity contribution in [1.29, 1.82) is 0 Å². The zero-order chi connectivity index (χ0) is 15.4. The van der Waals surface area contributed by atoms with Crippen LogP contribution in [0.1, 0.15) is 30.9 Å². The fourth-order valence-corrected chi connectivity index (χ4v) is 2.23. The first kappa shape index (κ1) is 14.3. The molecule has 0 unspecified atom stereocenters. The second kappa shape index (κ2) is 6.43. The number of pyridine rings is 1. The monoisotopic (exact) mass is 293 g/mol. The summed E-state index contributed by atoms with van der Waals surface area (Å²) in [6.07, 6.45) is 3.45. The highest BCUT2D eigenvalue weighted by molar-refractivity contribution is 5.53. The minimum absolute atomic E-state index is 0.523. The van der Waals surface area contributed by atoms with E-state index in [1.807, 2.05) is 18.2 Å². The molecule has 22 heavy (non-hydrogen) atoms. The molecule has 0 atom stereocenters. The predicted octanol–water partition coefficient (Wildman–Crippen LogP) is 4.17. The fourth-order valence-electron chi connectivity index (χ4n) is 2.23. The fraction of sp³-hybridized carbons (Fsp3) is 0.222. The van der Waals surface area contributed by atoms with Gasteiger partial charge in [-0.25, -0.2) is 0 Å². The number of H-pyrrole nitrogens is 1. The van der Waals surface area contributed by atoms with Crippen LogP contribution in [0.15, 0.2) is 54.9 Å². The molecule has 2 heterocycles. The van der Waals surface area contributed by atoms with E-state index in [2.05, 4.69) is 53.3 Å². The lowest BCUT2D eigenvalue weighted by Crippen LogP contribution is -1.98. The van der Waals surface area contributed by atoms with Gasteiger partial charge in [-0.1, -0.05) is 38.1 Å². The summed E-state index contributed by atoms with van der Waals surface area (Å²) in [4.78, 5) is 4.38. The minimum atomic E-state index is 0.523. The van der Waals surface area contributed by atoms with Gasteiger partial charge in [-0.2, -0.15) is 5.10 Å². The normalized spacial score (nSPS) is 10.9. The molecule has 112 valence electrons. The first-order chi connectivity index (χ1) is 10.7. The molecule has 1 N–H and O–H groups in total. The number of nitrogens with zero attached hydrogens (tertiary/aromatic N) is 2. The maximum Gasteiger partial charge on any atom is 0.138 e. The van der Waals surface area contributed by atoms with E-state index in [1.165, 1.54) is 11.1 Å². The maximum absolute atomic E-state index is 5.81. The quantitative estimate of drug-likeness (QED) is 0.768. The highest BCUT2D eigenvalue weighted by Gasteiger charge is 2.03. The second-order valence-electron chi connectivity index (χ2n) is 5.54. The van der Waals surface area contributed by atoms with Crippen LogP contribution in [0, 0.1) is 0 Å². The van der Waals surface area contributed by atoms with Crippen molar-refractivity contribution in [2.24, 2.45) is 0 Å². The lowest BCUT2D eigenvalue weighted by molar-refractivity contribution is 0.305. The molecule has 0 aliphatic rings. The highest BCUT2D eigenvalue weighted by Crippen LogP contribution is 2.19. The molecule has 0 amide bonds. The van der Waals surface area contributed by atoms with E-state index in [9.17, 15) is 0 Å². The lowest BCUT2D eigenvalue weighted by atomic mass is 10.0. The van der Waals surface area contributed by atoms with Gasteiger partial charge in [0, 0.05) is 6.20 Å². The number of nitrogens with one attached hydrogen (secondary N) is 1. The SMILES string of the molecule is CC(C)c1cccc(COc2ccc(-c3ccn[nH]3)nc2)c1. The van der Waals surface area contributed by atoms with Gasteiger partial charge in [0.2, 0.25) is 0 Å². The Bertz CT molecular complexity index is 718. The van der Waals surface area contributed by atoms with Gasteiger partial charge in [-0.3, -0.25) is 10.1 Å². The van der Waals surface area contributed by atoms with Crippen LogP contribution in [0.2, 0.25) is 0 Å². The molecule has 0 saturated carbocycles. The Kier molecular flexibility index (Phi) is 4.19. The standard InChI is InChI=1S/C18H19N3O/c1-13(2)15-5-3-4-14(10-15)12-22-16-6-7-17(19-11-16)18-8-9-20-21-18/h3-11,13H,12H2,1-2H3,(H,20,21). The van der Waals surface area contributed by atoms with Crippen LogP contribution in [0.5, 0.6) is 5.75 Å². The Morgan fingerprint density at radius 1 is 1.14 bits per heavy atom. The van der Waals surface area contributed by atoms with Crippen molar-refractivity contribution in [3.63, 3.8) is 0 Å². The van der Waals surface area contributed by atoms with Crippen LogP contribution in [-0.4, -0.2) is 15.2 Å². The lowest BCUT2D eigenvalue weighted by Gasteiger charge is -2.10. The van der Waals surface area contributed by atoms with Crippen molar-refractivity contribution in [3.05, 3.63) is 66.0 Å². The van der Waals surface area contributed by atoms with Crippen LogP contribution in [-0.2, 0) is 6.61 Å². The molecule has 0 fully saturated rings. The molecule has 0 spiro atoms. The summed E-state index contributed by atoms with van der Waals surface area (Å²) in [5, 5.41) is 6.82. The predicted molar refractivity (Wildman–Crippen MR) is 86.7 cm³/mol.